The second kappa shape index (κ2) is 20.1. The third kappa shape index (κ3) is 23.0. The van der Waals surface area contributed by atoms with Crippen LogP contribution in [0.1, 0.15) is 88.0 Å². The molecule has 3 amide bonds. The van der Waals surface area contributed by atoms with Gasteiger partial charge < -0.3 is 49.4 Å². The van der Waals surface area contributed by atoms with Gasteiger partial charge in [-0.2, -0.15) is 0 Å². The molecule has 1 fully saturated rings. The van der Waals surface area contributed by atoms with Crippen molar-refractivity contribution in [3.05, 3.63) is 0 Å². The Balaban J connectivity index is 0.00000618. The summed E-state index contributed by atoms with van der Waals surface area (Å²) in [5, 5.41) is 17.1. The number of nitrogens with one attached hydrogen (secondary N) is 3. The molecule has 0 aromatic carbocycles. The molecule has 262 valence electrons. The van der Waals surface area contributed by atoms with E-state index < -0.39 is 35.5 Å². The average Bonchev–Trinajstić information content (AvgIpc) is 2.87. The van der Waals surface area contributed by atoms with Crippen LogP contribution in [0, 0.1) is 0 Å². The molecule has 0 unspecified atom stereocenters. The van der Waals surface area contributed by atoms with E-state index in [1.54, 1.807) is 0 Å². The number of hydrogen-bond acceptors (Lipinski definition) is 10. The maximum Gasteiger partial charge on any atom is 0.407 e. The van der Waals surface area contributed by atoms with Crippen molar-refractivity contribution in [3.8, 4) is 0 Å². The molecule has 0 aliphatic carbocycles. The minimum absolute atomic E-state index is 0.116. The van der Waals surface area contributed by atoms with Crippen molar-refractivity contribution in [2.24, 2.45) is 0 Å². The summed E-state index contributed by atoms with van der Waals surface area (Å²) in [7, 11) is 0. The van der Waals surface area contributed by atoms with Gasteiger partial charge in [0.1, 0.15) is 16.8 Å². The van der Waals surface area contributed by atoms with Crippen LogP contribution in [-0.4, -0.2) is 122 Å². The zero-order chi connectivity index (χ0) is 34.7. The lowest BCUT2D eigenvalue weighted by Crippen LogP contribution is -2.55. The molecule has 1 rings (SSSR count). The van der Waals surface area contributed by atoms with Gasteiger partial charge in [-0.15, -0.1) is 0 Å². The fourth-order valence-electron chi connectivity index (χ4n) is 4.70. The molecular formula is C31H59N5O9. The van der Waals surface area contributed by atoms with Crippen molar-refractivity contribution in [1.82, 2.24) is 20.9 Å². The van der Waals surface area contributed by atoms with Crippen LogP contribution in [0.5, 0.6) is 0 Å². The first-order valence-corrected chi connectivity index (χ1v) is 15.8. The number of rotatable bonds is 14. The highest BCUT2D eigenvalue weighted by atomic mass is 16.6. The van der Waals surface area contributed by atoms with Crippen LogP contribution in [0.15, 0.2) is 0 Å². The summed E-state index contributed by atoms with van der Waals surface area (Å²) in [6.45, 7) is 21.4. The van der Waals surface area contributed by atoms with Gasteiger partial charge in [-0.25, -0.2) is 14.4 Å². The highest BCUT2D eigenvalue weighted by Crippen LogP contribution is 2.17. The van der Waals surface area contributed by atoms with Crippen molar-refractivity contribution in [1.29, 1.82) is 0 Å². The smallest absolute Gasteiger partial charge is 0.407 e. The third-order valence-electron chi connectivity index (χ3n) is 6.33. The van der Waals surface area contributed by atoms with Crippen molar-refractivity contribution in [2.75, 3.05) is 65.4 Å². The molecular weight excluding hydrogens is 586 g/mol. The van der Waals surface area contributed by atoms with E-state index in [2.05, 4.69) is 16.0 Å². The topological polar surface area (TPSA) is 175 Å². The average molecular weight is 646 g/mol. The van der Waals surface area contributed by atoms with E-state index >= 15 is 0 Å². The van der Waals surface area contributed by atoms with E-state index in [9.17, 15) is 19.2 Å². The highest BCUT2D eigenvalue weighted by Gasteiger charge is 2.33. The van der Waals surface area contributed by atoms with Crippen LogP contribution < -0.4 is 21.1 Å². The molecule has 0 bridgehead atoms. The largest absolute Gasteiger partial charge is 0.554 e. The quantitative estimate of drug-likeness (QED) is 0.0826. The molecule has 1 aliphatic heterocycles. The number of nitrogens with zero attached hydrogens (tertiary/aromatic N) is 2. The summed E-state index contributed by atoms with van der Waals surface area (Å²) in [5.41, 5.74) is -1.83. The van der Waals surface area contributed by atoms with Gasteiger partial charge in [0.15, 0.2) is 6.54 Å². The number of alkyl carbamates (subject to hydrolysis) is 2. The predicted octanol–water partition coefficient (Wildman–Crippen LogP) is 1.55. The Labute approximate surface area is 269 Å². The summed E-state index contributed by atoms with van der Waals surface area (Å²) in [4.78, 5) is 60.5. The first kappa shape index (κ1) is 41.9. The molecule has 1 saturated heterocycles. The normalized spacial score (nSPS) is 13.9. The van der Waals surface area contributed by atoms with E-state index in [4.69, 9.17) is 24.1 Å². The molecule has 0 aromatic rings. The molecule has 0 saturated carbocycles. The molecule has 14 heteroatoms. The van der Waals surface area contributed by atoms with Crippen molar-refractivity contribution in [3.63, 3.8) is 0 Å². The number of carbonyl (C=O) groups is 5. The Hall–Kier alpha value is -3.13. The fourth-order valence-corrected chi connectivity index (χ4v) is 4.70. The monoisotopic (exact) mass is 645 g/mol. The fraction of sp³-hybridized carbons (Fsp3) is 0.839. The molecule has 0 spiro atoms. The lowest BCUT2D eigenvalue weighted by molar-refractivity contribution is -0.921. The van der Waals surface area contributed by atoms with E-state index in [1.165, 1.54) is 0 Å². The molecule has 1 heterocycles. The van der Waals surface area contributed by atoms with E-state index in [0.717, 1.165) is 13.1 Å². The second-order valence-corrected chi connectivity index (χ2v) is 14.2. The number of amides is 3. The number of piperazine rings is 1. The van der Waals surface area contributed by atoms with Crippen LogP contribution in [0.2, 0.25) is 0 Å². The highest BCUT2D eigenvalue weighted by molar-refractivity contribution is 5.76. The van der Waals surface area contributed by atoms with Gasteiger partial charge in [0.25, 0.3) is 0 Å². The summed E-state index contributed by atoms with van der Waals surface area (Å²) >= 11 is 0. The number of quaternary nitrogens is 1. The van der Waals surface area contributed by atoms with Crippen LogP contribution in [0.4, 0.5) is 9.59 Å². The predicted molar refractivity (Wildman–Crippen MR) is 168 cm³/mol. The van der Waals surface area contributed by atoms with Crippen molar-refractivity contribution >= 4 is 30.5 Å². The molecule has 3 N–H and O–H groups in total. The van der Waals surface area contributed by atoms with Crippen LogP contribution >= 0.6 is 0 Å². The second-order valence-electron chi connectivity index (χ2n) is 14.2. The number of carboxylic acid groups (broad SMARTS) is 1. The van der Waals surface area contributed by atoms with Gasteiger partial charge in [-0.05, 0) is 62.3 Å². The van der Waals surface area contributed by atoms with E-state index in [-0.39, 0.29) is 18.4 Å². The van der Waals surface area contributed by atoms with Gasteiger partial charge >= 0.3 is 18.2 Å². The van der Waals surface area contributed by atoms with Gasteiger partial charge in [-0.3, -0.25) is 4.79 Å². The minimum atomic E-state index is -0.637. The molecule has 1 aliphatic rings. The minimum Gasteiger partial charge on any atom is -0.554 e. The summed E-state index contributed by atoms with van der Waals surface area (Å²) < 4.78 is 16.8. The summed E-state index contributed by atoms with van der Waals surface area (Å²) in [6, 6.07) is 0. The first-order chi connectivity index (χ1) is 20.7. The Morgan fingerprint density at radius 3 is 1.56 bits per heavy atom. The lowest BCUT2D eigenvalue weighted by atomic mass is 10.1. The van der Waals surface area contributed by atoms with Crippen LogP contribution in [0.25, 0.3) is 0 Å². The molecule has 45 heavy (non-hydrogen) atoms. The summed E-state index contributed by atoms with van der Waals surface area (Å²) in [5.74, 6) is -0.207. The standard InChI is InChI=1S/C30H57N5O7.CH2O2/c1-28(2,3)40-25(37)23-35(21-11-14-32-26(38)41-29(4,5)6,22-12-15-33-27(39)42-30(7,8)9)20-10-13-24(36)34-18-16-31-17-19-34;2-1-3/h31H,10-23H2,1-9H3,(H-,32,33,38,39);1H,(H,2,3). The Morgan fingerprint density at radius 2 is 1.16 bits per heavy atom. The first-order valence-electron chi connectivity index (χ1n) is 15.8. The molecule has 0 atom stereocenters. The van der Waals surface area contributed by atoms with Crippen molar-refractivity contribution < 1.29 is 47.8 Å². The molecule has 0 aromatic heterocycles. The zero-order valence-electron chi connectivity index (χ0n) is 29.0. The number of esters is 1. The number of ether oxygens (including phenoxy) is 3. The number of carbonyl (C=O) groups excluding carboxylic acids is 5. The zero-order valence-corrected chi connectivity index (χ0v) is 29.0. The Kier molecular flexibility index (Phi) is 18.7. The van der Waals surface area contributed by atoms with Gasteiger partial charge in [0.2, 0.25) is 5.91 Å². The third-order valence-corrected chi connectivity index (χ3v) is 6.33. The van der Waals surface area contributed by atoms with Crippen LogP contribution in [-0.2, 0) is 28.6 Å². The van der Waals surface area contributed by atoms with Gasteiger partial charge in [0.05, 0.1) is 19.6 Å². The van der Waals surface area contributed by atoms with Crippen LogP contribution in [0.3, 0.4) is 0 Å². The van der Waals surface area contributed by atoms with E-state index in [0.29, 0.717) is 76.0 Å². The molecule has 14 nitrogen and oxygen atoms in total. The van der Waals surface area contributed by atoms with Gasteiger partial charge in [-0.1, -0.05) is 0 Å². The Bertz CT molecular complexity index is 882. The maximum absolute atomic E-state index is 13.1. The van der Waals surface area contributed by atoms with Gasteiger partial charge in [0, 0.05) is 71.4 Å². The Morgan fingerprint density at radius 1 is 0.756 bits per heavy atom. The van der Waals surface area contributed by atoms with Crippen molar-refractivity contribution in [2.45, 2.75) is 105 Å². The molecule has 0 radical (unpaired) electrons. The van der Waals surface area contributed by atoms with E-state index in [1.807, 2.05) is 67.2 Å². The lowest BCUT2D eigenvalue weighted by Gasteiger charge is -2.39. The maximum atomic E-state index is 13.1. The SMILES string of the molecule is CC(C)(C)OC(=O)C[N+](CCCNC(=O)OC(C)(C)C)(CCCNC(=O)OC(C)(C)C)CCCC(=O)N1CCNCC1.O=C[O-]. The number of hydrogen-bond donors (Lipinski definition) is 3. The summed E-state index contributed by atoms with van der Waals surface area (Å²) in [6.07, 6.45) is 1.19.